The number of fused-ring (bicyclic) bond motifs is 1. The quantitative estimate of drug-likeness (QED) is 0.0414. The molecule has 5 aliphatic rings. The molecule has 16 amide bonds. The van der Waals surface area contributed by atoms with Gasteiger partial charge in [-0.1, -0.05) is 48.5 Å². The molecule has 5 saturated heterocycles. The van der Waals surface area contributed by atoms with Crippen molar-refractivity contribution in [3.8, 4) is 0 Å². The highest BCUT2D eigenvalue weighted by atomic mass is 16.2. The zero-order chi connectivity index (χ0) is 86.7. The first-order chi connectivity index (χ1) is 53.3. The third-order valence-corrected chi connectivity index (χ3v) is 22.3. The van der Waals surface area contributed by atoms with Crippen molar-refractivity contribution in [1.82, 2.24) is 93.6 Å². The smallest absolute Gasteiger partial charge is 0.248 e. The molecule has 13 N–H and O–H groups in total. The Bertz CT molecular complexity index is 3520. The molecule has 5 heterocycles. The molecule has 0 aliphatic carbocycles. The molecule has 0 spiro atoms. The minimum absolute atomic E-state index is 0.0578. The van der Waals surface area contributed by atoms with Crippen molar-refractivity contribution < 1.29 is 76.7 Å². The third-order valence-electron chi connectivity index (χ3n) is 22.3. The molecule has 0 aromatic carbocycles. The minimum Gasteiger partial charge on any atom is -0.354 e. The topological polar surface area (TPSA) is 446 Å². The van der Waals surface area contributed by atoms with Gasteiger partial charge in [0, 0.05) is 65.2 Å². The van der Waals surface area contributed by atoms with Crippen molar-refractivity contribution in [3.05, 3.63) is 0 Å². The summed E-state index contributed by atoms with van der Waals surface area (Å²) in [6, 6.07) is -5.17. The summed E-state index contributed by atoms with van der Waals surface area (Å²) in [5, 5.41) is 35.5. The summed E-state index contributed by atoms with van der Waals surface area (Å²) in [7, 11) is 0. The van der Waals surface area contributed by atoms with Crippen molar-refractivity contribution in [2.24, 2.45) is 17.8 Å². The third kappa shape index (κ3) is 28.1. The largest absolute Gasteiger partial charge is 0.354 e. The lowest BCUT2D eigenvalue weighted by molar-refractivity contribution is -0.150. The van der Waals surface area contributed by atoms with Crippen LogP contribution in [0, 0.1) is 17.8 Å². The lowest BCUT2D eigenvalue weighted by Crippen LogP contribution is -2.67. The molecule has 34 nitrogen and oxygen atoms in total. The highest BCUT2D eigenvalue weighted by Gasteiger charge is 2.48. The van der Waals surface area contributed by atoms with Crippen molar-refractivity contribution in [3.63, 3.8) is 0 Å². The number of carbonyl (C=O) groups is 16. The fourth-order valence-corrected chi connectivity index (χ4v) is 15.4. The van der Waals surface area contributed by atoms with Crippen LogP contribution in [0.2, 0.25) is 0 Å². The number of nitrogens with one attached hydrogen (secondary N) is 13. The van der Waals surface area contributed by atoms with Gasteiger partial charge >= 0.3 is 0 Å². The fourth-order valence-electron chi connectivity index (χ4n) is 15.4. The van der Waals surface area contributed by atoms with Gasteiger partial charge in [0.25, 0.3) is 0 Å². The maximum absolute atomic E-state index is 14.4. The Morgan fingerprint density at radius 3 is 1.31 bits per heavy atom. The van der Waals surface area contributed by atoms with Gasteiger partial charge < -0.3 is 83.8 Å². The van der Waals surface area contributed by atoms with Crippen LogP contribution in [-0.4, -0.2) is 266 Å². The Morgan fingerprint density at radius 1 is 0.374 bits per heavy atom. The van der Waals surface area contributed by atoms with Crippen molar-refractivity contribution in [1.29, 1.82) is 0 Å². The van der Waals surface area contributed by atoms with Gasteiger partial charge in [-0.2, -0.15) is 0 Å². The summed E-state index contributed by atoms with van der Waals surface area (Å²) in [6.45, 7) is 37.1. The average Bonchev–Trinajstić information content (AvgIpc) is 1.26. The highest BCUT2D eigenvalue weighted by Crippen LogP contribution is 2.29. The molecule has 0 saturated carbocycles. The predicted molar refractivity (Wildman–Crippen MR) is 432 cm³/mol. The lowest BCUT2D eigenvalue weighted by Gasteiger charge is -2.42. The van der Waals surface area contributed by atoms with Gasteiger partial charge in [0.1, 0.15) is 69.0 Å². The Hall–Kier alpha value is -8.56. The molecule has 115 heavy (non-hydrogen) atoms. The van der Waals surface area contributed by atoms with Crippen molar-refractivity contribution in [2.75, 3.05) is 65.4 Å². The first-order valence-electron chi connectivity index (χ1n) is 41.6. The second-order valence-electron chi connectivity index (χ2n) is 36.8. The van der Waals surface area contributed by atoms with E-state index in [0.717, 1.165) is 58.2 Å². The molecular weight excluding hydrogens is 1480 g/mol. The summed E-state index contributed by atoms with van der Waals surface area (Å²) in [5.74, 6) is -9.71. The van der Waals surface area contributed by atoms with E-state index in [4.69, 9.17) is 0 Å². The molecule has 0 aromatic heterocycles. The fraction of sp³-hybridized carbons (Fsp3) is 0.802. The molecule has 1 unspecified atom stereocenters. The van der Waals surface area contributed by atoms with E-state index >= 15 is 0 Å². The standard InChI is InChI=1S/C81H140N18O16/c1-22-81(21,72(113)85-53(43-49(2)3)48-96-39-30-38-95-37-29-34-62(95)96)92-64(105)55(45-51(6)7)86-60(102)46-84-68(109)75(9,10)89-66(107)57-32-25-28-42-99(57)74(115)80(19,20)94-70(111)77(13,14)88-61(103)47-83-59(101)35-36-82-63(104)54(44-50(4)5)87-69(110)76(11,12)93-71(112)78(15,16)90-67(108)58-33-24-27-41-98(58)73(114)79(17,18)91-65(106)56-31-23-26-40-97(56)52(8)100/h49-51,53-58,62H,22-48H2,1-21H3,(H,82,104)(H,83,101)(H,84,109)(H,85,113)(H,86,102)(H,87,110)(H,88,103)(H,89,107)(H,90,108)(H,91,106)(H,92,105)(H,93,112)(H,94,111)/t53-,54-,55-,56-,57-,58-,62?,81-/m0/s1. The molecule has 650 valence electrons. The summed E-state index contributed by atoms with van der Waals surface area (Å²) >= 11 is 0. The van der Waals surface area contributed by atoms with Crippen molar-refractivity contribution in [2.45, 2.75) is 336 Å². The van der Waals surface area contributed by atoms with Crippen LogP contribution in [0.3, 0.4) is 0 Å². The second-order valence-corrected chi connectivity index (χ2v) is 36.8. The minimum atomic E-state index is -1.67. The summed E-state index contributed by atoms with van der Waals surface area (Å²) in [4.78, 5) is 230. The highest BCUT2D eigenvalue weighted by molar-refractivity contribution is 6.02. The molecule has 5 rings (SSSR count). The van der Waals surface area contributed by atoms with E-state index in [1.165, 1.54) is 90.9 Å². The molecule has 8 atom stereocenters. The molecule has 5 fully saturated rings. The first kappa shape index (κ1) is 97.0. The molecule has 34 heteroatoms. The maximum atomic E-state index is 14.4. The Morgan fingerprint density at radius 2 is 0.809 bits per heavy atom. The van der Waals surface area contributed by atoms with E-state index in [9.17, 15) is 76.7 Å². The van der Waals surface area contributed by atoms with Crippen LogP contribution in [0.5, 0.6) is 0 Å². The Labute approximate surface area is 680 Å². The number of rotatable bonds is 38. The lowest BCUT2D eigenvalue weighted by atomic mass is 9.93. The summed E-state index contributed by atoms with van der Waals surface area (Å²) in [5.41, 5.74) is -11.0. The monoisotopic (exact) mass is 1620 g/mol. The van der Waals surface area contributed by atoms with Crippen LogP contribution >= 0.6 is 0 Å². The number of carbonyl (C=O) groups excluding carboxylic acids is 16. The van der Waals surface area contributed by atoms with E-state index in [0.29, 0.717) is 57.3 Å². The van der Waals surface area contributed by atoms with Crippen molar-refractivity contribution >= 4 is 94.5 Å². The zero-order valence-corrected chi connectivity index (χ0v) is 72.6. The number of nitrogens with zero attached hydrogens (tertiary/aromatic N) is 5. The van der Waals surface area contributed by atoms with E-state index in [1.54, 1.807) is 20.8 Å². The SMILES string of the molecule is CC[C@](C)(NC(=O)[C@H](CC(C)C)NC(=O)CNC(=O)C(C)(C)NC(=O)[C@@H]1CCCCN1C(=O)C(C)(C)NC(=O)C(C)(C)NC(=O)CNC(=O)CCNC(=O)[C@H](CC(C)C)NC(=O)C(C)(C)NC(=O)C(C)(C)NC(=O)[C@@H]1CCCCN1C(=O)C(C)(C)NC(=O)[C@@H]1CCCCN1C(C)=O)C(=O)N[C@@H](CC(C)C)CN1CCCN2CCCC21. The number of hydrogen-bond acceptors (Lipinski definition) is 18. The van der Waals surface area contributed by atoms with Crippen LogP contribution < -0.4 is 69.1 Å². The van der Waals surface area contributed by atoms with Crippen LogP contribution in [0.25, 0.3) is 0 Å². The Kier molecular flexibility index (Phi) is 35.0. The number of piperidine rings is 3. The van der Waals surface area contributed by atoms with Gasteiger partial charge in [-0.15, -0.1) is 0 Å². The summed E-state index contributed by atoms with van der Waals surface area (Å²) < 4.78 is 0. The van der Waals surface area contributed by atoms with Crippen LogP contribution in [0.15, 0.2) is 0 Å². The molecule has 5 aliphatic heterocycles. The van der Waals surface area contributed by atoms with Crippen LogP contribution in [0.1, 0.15) is 255 Å². The van der Waals surface area contributed by atoms with E-state index in [-0.39, 0.29) is 87.9 Å². The number of likely N-dealkylation sites (tertiary alicyclic amines) is 3. The zero-order valence-electron chi connectivity index (χ0n) is 72.6. The van der Waals surface area contributed by atoms with Gasteiger partial charge in [0.05, 0.1) is 19.3 Å². The first-order valence-corrected chi connectivity index (χ1v) is 41.6. The molecular formula is C81H140N18O16. The average molecular weight is 1620 g/mol. The Balaban J connectivity index is 1.07. The summed E-state index contributed by atoms with van der Waals surface area (Å²) in [6.07, 6.45) is 9.45. The van der Waals surface area contributed by atoms with E-state index in [2.05, 4.69) is 92.8 Å². The number of hydrogen-bond donors (Lipinski definition) is 13. The van der Waals surface area contributed by atoms with Crippen LogP contribution in [0.4, 0.5) is 0 Å². The second kappa shape index (κ2) is 41.5. The molecule has 0 bridgehead atoms. The normalized spacial score (nSPS) is 20.0. The molecule has 0 radical (unpaired) electrons. The van der Waals surface area contributed by atoms with Gasteiger partial charge in [-0.05, 0) is 217 Å². The van der Waals surface area contributed by atoms with Gasteiger partial charge in [-0.25, -0.2) is 0 Å². The van der Waals surface area contributed by atoms with E-state index < -0.39 is 165 Å². The maximum Gasteiger partial charge on any atom is 0.248 e. The predicted octanol–water partition coefficient (Wildman–Crippen LogP) is 1.26. The van der Waals surface area contributed by atoms with E-state index in [1.807, 2.05) is 34.6 Å². The van der Waals surface area contributed by atoms with Gasteiger partial charge in [0.2, 0.25) is 94.5 Å². The number of amides is 16. The van der Waals surface area contributed by atoms with Gasteiger partial charge in [-0.3, -0.25) is 86.5 Å². The van der Waals surface area contributed by atoms with Gasteiger partial charge in [0.15, 0.2) is 0 Å². The molecule has 0 aromatic rings. The van der Waals surface area contributed by atoms with Crippen LogP contribution in [-0.2, 0) is 76.7 Å².